The molecule has 166 valence electrons. The number of aliphatic carboxylic acids is 1. The monoisotopic (exact) mass is 422 g/mol. The van der Waals surface area contributed by atoms with Crippen molar-refractivity contribution in [2.45, 2.75) is 66.3 Å². The van der Waals surface area contributed by atoms with Gasteiger partial charge in [0.25, 0.3) is 0 Å². The number of carboxylic acids is 1. The first-order chi connectivity index (χ1) is 14.6. The van der Waals surface area contributed by atoms with Crippen LogP contribution >= 0.6 is 0 Å². The largest absolute Gasteiger partial charge is 0.481 e. The van der Waals surface area contributed by atoms with E-state index in [-0.39, 0.29) is 12.1 Å². The number of hydrogen-bond acceptors (Lipinski definition) is 2. The van der Waals surface area contributed by atoms with E-state index in [0.717, 1.165) is 41.6 Å². The first-order valence-electron chi connectivity index (χ1n) is 11.1. The average molecular weight is 423 g/mol. The van der Waals surface area contributed by atoms with Gasteiger partial charge in [-0.1, -0.05) is 31.2 Å². The second-order valence-corrected chi connectivity index (χ2v) is 9.53. The van der Waals surface area contributed by atoms with Crippen molar-refractivity contribution in [3.05, 3.63) is 64.2 Å². The molecule has 0 saturated heterocycles. The van der Waals surface area contributed by atoms with Crippen LogP contribution in [0.25, 0.3) is 0 Å². The summed E-state index contributed by atoms with van der Waals surface area (Å²) in [5, 5.41) is 12.5. The first kappa shape index (κ1) is 22.9. The van der Waals surface area contributed by atoms with Gasteiger partial charge in [0, 0.05) is 18.3 Å². The van der Waals surface area contributed by atoms with Crippen LogP contribution in [0.1, 0.15) is 55.0 Å². The highest BCUT2D eigenvalue weighted by atomic mass is 16.4. The predicted octanol–water partition coefficient (Wildman–Crippen LogP) is 5.37. The number of carbonyl (C=O) groups excluding carboxylic acids is 1. The number of urea groups is 1. The van der Waals surface area contributed by atoms with Gasteiger partial charge in [0.05, 0.1) is 5.41 Å². The molecule has 5 nitrogen and oxygen atoms in total. The maximum atomic E-state index is 13.1. The fraction of sp³-hybridized carbons (Fsp3) is 0.462. The Hall–Kier alpha value is -2.82. The highest BCUT2D eigenvalue weighted by molar-refractivity contribution is 5.90. The van der Waals surface area contributed by atoms with Crippen LogP contribution in [0.2, 0.25) is 0 Å². The standard InChI is InChI=1S/C26H34N2O3/c1-6-9-28(25(31)27-22-11-17(2)10-18(3)12-22)23-14-20-8-7-19(13-21(20)15-23)16-26(4,5)24(29)30/h7-8,10-13,23H,6,9,14-16H2,1-5H3,(H,27,31)(H,29,30). The molecule has 0 heterocycles. The zero-order valence-electron chi connectivity index (χ0n) is 19.3. The van der Waals surface area contributed by atoms with Crippen molar-refractivity contribution in [1.29, 1.82) is 0 Å². The van der Waals surface area contributed by atoms with E-state index in [1.54, 1.807) is 13.8 Å². The van der Waals surface area contributed by atoms with Crippen molar-refractivity contribution in [3.63, 3.8) is 0 Å². The summed E-state index contributed by atoms with van der Waals surface area (Å²) >= 11 is 0. The number of hydrogen-bond donors (Lipinski definition) is 2. The van der Waals surface area contributed by atoms with Crippen molar-refractivity contribution in [1.82, 2.24) is 4.90 Å². The van der Waals surface area contributed by atoms with E-state index in [4.69, 9.17) is 0 Å². The van der Waals surface area contributed by atoms with Gasteiger partial charge >= 0.3 is 12.0 Å². The topological polar surface area (TPSA) is 69.6 Å². The normalized spacial score (nSPS) is 15.5. The lowest BCUT2D eigenvalue weighted by atomic mass is 9.85. The molecule has 5 heteroatoms. The molecule has 31 heavy (non-hydrogen) atoms. The zero-order chi connectivity index (χ0) is 22.8. The van der Waals surface area contributed by atoms with Crippen LogP contribution in [0.3, 0.4) is 0 Å². The van der Waals surface area contributed by atoms with Gasteiger partial charge in [0.1, 0.15) is 0 Å². The van der Waals surface area contributed by atoms with E-state index in [9.17, 15) is 14.7 Å². The summed E-state index contributed by atoms with van der Waals surface area (Å²) in [6, 6.07) is 12.4. The highest BCUT2D eigenvalue weighted by Gasteiger charge is 2.31. The Labute approximate surface area is 185 Å². The summed E-state index contributed by atoms with van der Waals surface area (Å²) in [5.74, 6) is -0.789. The zero-order valence-corrected chi connectivity index (χ0v) is 19.3. The van der Waals surface area contributed by atoms with Crippen LogP contribution < -0.4 is 5.32 Å². The number of carboxylic acid groups (broad SMARTS) is 1. The molecule has 0 aliphatic heterocycles. The number of benzene rings is 2. The van der Waals surface area contributed by atoms with Gasteiger partial charge in [-0.3, -0.25) is 4.79 Å². The molecule has 0 saturated carbocycles. The first-order valence-corrected chi connectivity index (χ1v) is 11.1. The number of rotatable bonds is 7. The van der Waals surface area contributed by atoms with Gasteiger partial charge in [0.2, 0.25) is 0 Å². The minimum Gasteiger partial charge on any atom is -0.481 e. The Morgan fingerprint density at radius 2 is 1.71 bits per heavy atom. The number of nitrogens with one attached hydrogen (secondary N) is 1. The second kappa shape index (κ2) is 9.13. The smallest absolute Gasteiger partial charge is 0.322 e. The van der Waals surface area contributed by atoms with E-state index in [2.05, 4.69) is 30.4 Å². The SMILES string of the molecule is CCCN(C(=O)Nc1cc(C)cc(C)c1)C1Cc2ccc(CC(C)(C)C(=O)O)cc2C1. The number of nitrogens with zero attached hydrogens (tertiary/aromatic N) is 1. The molecule has 2 aromatic rings. The number of carbonyl (C=O) groups is 2. The van der Waals surface area contributed by atoms with Crippen molar-refractivity contribution in [2.75, 3.05) is 11.9 Å². The Balaban J connectivity index is 1.74. The fourth-order valence-corrected chi connectivity index (χ4v) is 4.50. The molecule has 0 fully saturated rings. The number of anilines is 1. The summed E-state index contributed by atoms with van der Waals surface area (Å²) in [7, 11) is 0. The lowest BCUT2D eigenvalue weighted by Crippen LogP contribution is -2.44. The van der Waals surface area contributed by atoms with Gasteiger partial charge in [-0.05, 0) is 93.3 Å². The van der Waals surface area contributed by atoms with Crippen LogP contribution in [-0.4, -0.2) is 34.6 Å². The van der Waals surface area contributed by atoms with Gasteiger partial charge in [-0.25, -0.2) is 4.79 Å². The molecule has 0 spiro atoms. The van der Waals surface area contributed by atoms with Crippen molar-refractivity contribution >= 4 is 17.7 Å². The van der Waals surface area contributed by atoms with Crippen LogP contribution in [-0.2, 0) is 24.1 Å². The molecule has 3 rings (SSSR count). The van der Waals surface area contributed by atoms with E-state index < -0.39 is 11.4 Å². The van der Waals surface area contributed by atoms with Gasteiger partial charge in [-0.2, -0.15) is 0 Å². The van der Waals surface area contributed by atoms with E-state index >= 15 is 0 Å². The second-order valence-electron chi connectivity index (χ2n) is 9.53. The molecule has 0 aromatic heterocycles. The molecular formula is C26H34N2O3. The van der Waals surface area contributed by atoms with Crippen LogP contribution in [0.15, 0.2) is 36.4 Å². The predicted molar refractivity (Wildman–Crippen MR) is 125 cm³/mol. The molecule has 1 aliphatic carbocycles. The Kier molecular flexibility index (Phi) is 6.73. The third-order valence-electron chi connectivity index (χ3n) is 6.05. The minimum atomic E-state index is -0.799. The van der Waals surface area contributed by atoms with Gasteiger partial charge in [-0.15, -0.1) is 0 Å². The Bertz CT molecular complexity index is 960. The van der Waals surface area contributed by atoms with Crippen molar-refractivity contribution < 1.29 is 14.7 Å². The van der Waals surface area contributed by atoms with Crippen LogP contribution in [0.5, 0.6) is 0 Å². The van der Waals surface area contributed by atoms with E-state index in [0.29, 0.717) is 13.0 Å². The maximum absolute atomic E-state index is 13.1. The highest BCUT2D eigenvalue weighted by Crippen LogP contribution is 2.30. The maximum Gasteiger partial charge on any atom is 0.322 e. The summed E-state index contributed by atoms with van der Waals surface area (Å²) in [4.78, 5) is 26.6. The van der Waals surface area contributed by atoms with Crippen molar-refractivity contribution in [3.8, 4) is 0 Å². The number of fused-ring (bicyclic) bond motifs is 1. The van der Waals surface area contributed by atoms with Crippen LogP contribution in [0, 0.1) is 19.3 Å². The van der Waals surface area contributed by atoms with E-state index in [1.807, 2.05) is 36.9 Å². The molecule has 1 atom stereocenters. The number of aryl methyl sites for hydroxylation is 2. The molecule has 0 radical (unpaired) electrons. The number of amides is 2. The van der Waals surface area contributed by atoms with E-state index in [1.165, 1.54) is 11.1 Å². The van der Waals surface area contributed by atoms with Gasteiger partial charge < -0.3 is 15.3 Å². The molecule has 0 bridgehead atoms. The lowest BCUT2D eigenvalue weighted by molar-refractivity contribution is -0.146. The molecule has 1 aliphatic rings. The average Bonchev–Trinajstić information content (AvgIpc) is 3.07. The summed E-state index contributed by atoms with van der Waals surface area (Å²) in [5.41, 5.74) is 5.80. The molecule has 2 N–H and O–H groups in total. The summed E-state index contributed by atoms with van der Waals surface area (Å²) in [6.07, 6.45) is 3.02. The molecule has 1 unspecified atom stereocenters. The summed E-state index contributed by atoms with van der Waals surface area (Å²) in [6.45, 7) is 10.4. The van der Waals surface area contributed by atoms with Gasteiger partial charge in [0.15, 0.2) is 0 Å². The van der Waals surface area contributed by atoms with Crippen molar-refractivity contribution in [2.24, 2.45) is 5.41 Å². The Morgan fingerprint density at radius 1 is 1.06 bits per heavy atom. The fourth-order valence-electron chi connectivity index (χ4n) is 4.50. The minimum absolute atomic E-state index is 0.0584. The lowest BCUT2D eigenvalue weighted by Gasteiger charge is -2.29. The summed E-state index contributed by atoms with van der Waals surface area (Å²) < 4.78 is 0. The van der Waals surface area contributed by atoms with Crippen LogP contribution in [0.4, 0.5) is 10.5 Å². The molecule has 2 amide bonds. The molecule has 2 aromatic carbocycles. The third kappa shape index (κ3) is 5.46. The molecular weight excluding hydrogens is 388 g/mol. The quantitative estimate of drug-likeness (QED) is 0.630. The Morgan fingerprint density at radius 3 is 2.32 bits per heavy atom. The third-order valence-corrected chi connectivity index (χ3v) is 6.05.